The molecule has 1 aromatic carbocycles. The van der Waals surface area contributed by atoms with E-state index in [1.807, 2.05) is 19.1 Å². The molecule has 19 heavy (non-hydrogen) atoms. The summed E-state index contributed by atoms with van der Waals surface area (Å²) in [4.78, 5) is 10.7. The SMILES string of the molecule is CCOc1ccc(OCc2cc(C(=O)O)co2)cc1. The van der Waals surface area contributed by atoms with E-state index in [1.54, 1.807) is 12.1 Å². The molecule has 0 aliphatic carbocycles. The molecule has 5 heteroatoms. The molecular weight excluding hydrogens is 248 g/mol. The first-order valence-electron chi connectivity index (χ1n) is 5.85. The second kappa shape index (κ2) is 5.95. The van der Waals surface area contributed by atoms with Crippen LogP contribution in [0.4, 0.5) is 0 Å². The molecule has 0 saturated carbocycles. The average Bonchev–Trinajstić information content (AvgIpc) is 2.87. The van der Waals surface area contributed by atoms with Gasteiger partial charge < -0.3 is 19.0 Å². The van der Waals surface area contributed by atoms with E-state index in [2.05, 4.69) is 0 Å². The average molecular weight is 262 g/mol. The van der Waals surface area contributed by atoms with Gasteiger partial charge in [-0.2, -0.15) is 0 Å². The summed E-state index contributed by atoms with van der Waals surface area (Å²) in [6.45, 7) is 2.72. The van der Waals surface area contributed by atoms with E-state index < -0.39 is 5.97 Å². The molecule has 1 aromatic heterocycles. The molecule has 0 unspecified atom stereocenters. The predicted molar refractivity (Wildman–Crippen MR) is 67.6 cm³/mol. The lowest BCUT2D eigenvalue weighted by Crippen LogP contribution is -1.95. The fourth-order valence-corrected chi connectivity index (χ4v) is 1.52. The van der Waals surface area contributed by atoms with Gasteiger partial charge in [0.25, 0.3) is 0 Å². The van der Waals surface area contributed by atoms with Gasteiger partial charge in [-0.1, -0.05) is 0 Å². The normalized spacial score (nSPS) is 10.2. The summed E-state index contributed by atoms with van der Waals surface area (Å²) in [6.07, 6.45) is 1.19. The van der Waals surface area contributed by atoms with E-state index >= 15 is 0 Å². The van der Waals surface area contributed by atoms with Crippen molar-refractivity contribution in [1.82, 2.24) is 0 Å². The standard InChI is InChI=1S/C14H14O5/c1-2-17-11-3-5-12(6-4-11)19-9-13-7-10(8-18-13)14(15)16/h3-8H,2,9H2,1H3,(H,15,16). The molecule has 0 atom stereocenters. The lowest BCUT2D eigenvalue weighted by atomic mass is 10.3. The summed E-state index contributed by atoms with van der Waals surface area (Å²) in [5, 5.41) is 8.75. The Hall–Kier alpha value is -2.43. The molecule has 1 N–H and O–H groups in total. The molecule has 100 valence electrons. The van der Waals surface area contributed by atoms with Crippen LogP contribution >= 0.6 is 0 Å². The zero-order valence-electron chi connectivity index (χ0n) is 10.5. The molecule has 0 aliphatic rings. The topological polar surface area (TPSA) is 68.9 Å². The fraction of sp³-hybridized carbons (Fsp3) is 0.214. The molecule has 0 saturated heterocycles. The van der Waals surface area contributed by atoms with Crippen LogP contribution in [0.1, 0.15) is 23.0 Å². The molecule has 0 spiro atoms. The Morgan fingerprint density at radius 1 is 1.21 bits per heavy atom. The second-order valence-corrected chi connectivity index (χ2v) is 3.80. The van der Waals surface area contributed by atoms with Crippen molar-refractivity contribution < 1.29 is 23.8 Å². The molecule has 1 heterocycles. The zero-order valence-corrected chi connectivity index (χ0v) is 10.5. The Balaban J connectivity index is 1.92. The molecule has 2 aromatic rings. The van der Waals surface area contributed by atoms with E-state index in [9.17, 15) is 4.79 Å². The van der Waals surface area contributed by atoms with Crippen LogP contribution in [0.3, 0.4) is 0 Å². The van der Waals surface area contributed by atoms with Gasteiger partial charge in [0.05, 0.1) is 12.2 Å². The highest BCUT2D eigenvalue weighted by molar-refractivity contribution is 5.87. The number of furan rings is 1. The van der Waals surface area contributed by atoms with Crippen molar-refractivity contribution in [3.8, 4) is 11.5 Å². The van der Waals surface area contributed by atoms with E-state index in [0.29, 0.717) is 18.1 Å². The van der Waals surface area contributed by atoms with Crippen molar-refractivity contribution in [1.29, 1.82) is 0 Å². The predicted octanol–water partition coefficient (Wildman–Crippen LogP) is 2.96. The summed E-state index contributed by atoms with van der Waals surface area (Å²) in [5.41, 5.74) is 0.116. The molecule has 2 rings (SSSR count). The number of carboxylic acid groups (broad SMARTS) is 1. The summed E-state index contributed by atoms with van der Waals surface area (Å²) < 4.78 is 15.9. The van der Waals surface area contributed by atoms with Gasteiger partial charge in [-0.25, -0.2) is 4.79 Å². The van der Waals surface area contributed by atoms with Gasteiger partial charge in [-0.05, 0) is 37.3 Å². The van der Waals surface area contributed by atoms with Gasteiger partial charge in [0, 0.05) is 0 Å². The quantitative estimate of drug-likeness (QED) is 0.866. The van der Waals surface area contributed by atoms with Crippen LogP contribution in [0, 0.1) is 0 Å². The van der Waals surface area contributed by atoms with Crippen LogP contribution in [0.25, 0.3) is 0 Å². The van der Waals surface area contributed by atoms with Crippen molar-refractivity contribution in [3.05, 3.63) is 47.9 Å². The first-order chi connectivity index (χ1) is 9.19. The lowest BCUT2D eigenvalue weighted by molar-refractivity contribution is 0.0696. The van der Waals surface area contributed by atoms with E-state index in [1.165, 1.54) is 12.3 Å². The third-order valence-electron chi connectivity index (χ3n) is 2.42. The molecule has 0 bridgehead atoms. The first-order valence-corrected chi connectivity index (χ1v) is 5.85. The Bertz CT molecular complexity index is 541. The maximum Gasteiger partial charge on any atom is 0.338 e. The summed E-state index contributed by atoms with van der Waals surface area (Å²) in [7, 11) is 0. The highest BCUT2D eigenvalue weighted by Gasteiger charge is 2.08. The van der Waals surface area contributed by atoms with Crippen LogP contribution in [0.2, 0.25) is 0 Å². The number of hydrogen-bond donors (Lipinski definition) is 1. The van der Waals surface area contributed by atoms with Gasteiger partial charge in [-0.15, -0.1) is 0 Å². The van der Waals surface area contributed by atoms with Crippen LogP contribution in [0.5, 0.6) is 11.5 Å². The lowest BCUT2D eigenvalue weighted by Gasteiger charge is -2.06. The van der Waals surface area contributed by atoms with Crippen molar-refractivity contribution >= 4 is 5.97 Å². The van der Waals surface area contributed by atoms with Crippen molar-refractivity contribution in [2.45, 2.75) is 13.5 Å². The largest absolute Gasteiger partial charge is 0.494 e. The molecule has 0 aliphatic heterocycles. The monoisotopic (exact) mass is 262 g/mol. The summed E-state index contributed by atoms with van der Waals surface area (Å²) in [5.74, 6) is 0.889. The molecule has 0 amide bonds. The summed E-state index contributed by atoms with van der Waals surface area (Å²) in [6, 6.07) is 8.63. The van der Waals surface area contributed by atoms with Crippen molar-refractivity contribution in [2.75, 3.05) is 6.61 Å². The van der Waals surface area contributed by atoms with Crippen LogP contribution in [-0.2, 0) is 6.61 Å². The number of aromatic carboxylic acids is 1. The van der Waals surface area contributed by atoms with Crippen molar-refractivity contribution in [3.63, 3.8) is 0 Å². The number of benzene rings is 1. The van der Waals surface area contributed by atoms with Gasteiger partial charge in [0.1, 0.15) is 30.1 Å². The van der Waals surface area contributed by atoms with Crippen LogP contribution in [-0.4, -0.2) is 17.7 Å². The van der Waals surface area contributed by atoms with Gasteiger partial charge >= 0.3 is 5.97 Å². The van der Waals surface area contributed by atoms with Crippen LogP contribution < -0.4 is 9.47 Å². The number of carboxylic acids is 1. The number of rotatable bonds is 6. The molecule has 5 nitrogen and oxygen atoms in total. The van der Waals surface area contributed by atoms with Gasteiger partial charge in [0.2, 0.25) is 0 Å². The third-order valence-corrected chi connectivity index (χ3v) is 2.42. The minimum Gasteiger partial charge on any atom is -0.494 e. The third kappa shape index (κ3) is 3.51. The highest BCUT2D eigenvalue weighted by Crippen LogP contribution is 2.19. The zero-order chi connectivity index (χ0) is 13.7. The first kappa shape index (κ1) is 13.0. The minimum absolute atomic E-state index is 0.116. The van der Waals surface area contributed by atoms with E-state index in [0.717, 1.165) is 5.75 Å². The van der Waals surface area contributed by atoms with Gasteiger partial charge in [0.15, 0.2) is 0 Å². The second-order valence-electron chi connectivity index (χ2n) is 3.80. The maximum absolute atomic E-state index is 10.7. The Labute approximate surface area is 110 Å². The van der Waals surface area contributed by atoms with Crippen molar-refractivity contribution in [2.24, 2.45) is 0 Å². The fourth-order valence-electron chi connectivity index (χ4n) is 1.52. The Kier molecular flexibility index (Phi) is 4.07. The smallest absolute Gasteiger partial charge is 0.338 e. The molecule has 0 fully saturated rings. The number of carbonyl (C=O) groups is 1. The maximum atomic E-state index is 10.7. The van der Waals surface area contributed by atoms with Crippen LogP contribution in [0.15, 0.2) is 41.0 Å². The number of ether oxygens (including phenoxy) is 2. The van der Waals surface area contributed by atoms with Gasteiger partial charge in [-0.3, -0.25) is 0 Å². The highest BCUT2D eigenvalue weighted by atomic mass is 16.5. The summed E-state index contributed by atoms with van der Waals surface area (Å²) >= 11 is 0. The molecule has 0 radical (unpaired) electrons. The molecular formula is C14H14O5. The minimum atomic E-state index is -1.02. The Morgan fingerprint density at radius 2 is 1.84 bits per heavy atom. The number of hydrogen-bond acceptors (Lipinski definition) is 4. The van der Waals surface area contributed by atoms with E-state index in [-0.39, 0.29) is 12.2 Å². The Morgan fingerprint density at radius 3 is 2.37 bits per heavy atom. The van der Waals surface area contributed by atoms with E-state index in [4.69, 9.17) is 19.0 Å².